The van der Waals surface area contributed by atoms with Gasteiger partial charge < -0.3 is 4.74 Å². The first-order valence-electron chi connectivity index (χ1n) is 4.99. The van der Waals surface area contributed by atoms with Gasteiger partial charge in [0, 0.05) is 4.88 Å². The van der Waals surface area contributed by atoms with E-state index in [1.165, 1.54) is 23.5 Å². The molecular formula is C12H8BrF3OS. The summed E-state index contributed by atoms with van der Waals surface area (Å²) in [4.78, 5) is 1.00. The first kappa shape index (κ1) is 13.4. The molecule has 0 spiro atoms. The summed E-state index contributed by atoms with van der Waals surface area (Å²) in [5.74, 6) is 0.424. The van der Waals surface area contributed by atoms with Gasteiger partial charge in [0.05, 0.1) is 9.35 Å². The van der Waals surface area contributed by atoms with Crippen LogP contribution in [-0.4, -0.2) is 0 Å². The van der Waals surface area contributed by atoms with Gasteiger partial charge in [0.25, 0.3) is 0 Å². The maximum absolute atomic E-state index is 12.3. The van der Waals surface area contributed by atoms with Gasteiger partial charge in [-0.3, -0.25) is 0 Å². The lowest BCUT2D eigenvalue weighted by Crippen LogP contribution is -2.04. The third-order valence-corrected chi connectivity index (χ3v) is 3.79. The highest BCUT2D eigenvalue weighted by Gasteiger charge is 2.29. The molecule has 0 aliphatic carbocycles. The Morgan fingerprint density at radius 3 is 2.22 bits per heavy atom. The normalized spacial score (nSPS) is 11.6. The largest absolute Gasteiger partial charge is 0.488 e. The Morgan fingerprint density at radius 2 is 1.72 bits per heavy atom. The summed E-state index contributed by atoms with van der Waals surface area (Å²) in [6, 6.07) is 8.48. The van der Waals surface area contributed by atoms with Crippen LogP contribution in [0.4, 0.5) is 13.2 Å². The molecule has 6 heteroatoms. The molecule has 0 N–H and O–H groups in total. The zero-order valence-corrected chi connectivity index (χ0v) is 11.4. The molecule has 1 aromatic carbocycles. The summed E-state index contributed by atoms with van der Waals surface area (Å²) in [5, 5.41) is 0. The van der Waals surface area contributed by atoms with E-state index in [9.17, 15) is 13.2 Å². The Kier molecular flexibility index (Phi) is 3.97. The molecule has 2 aromatic rings. The van der Waals surface area contributed by atoms with Crippen molar-refractivity contribution in [3.8, 4) is 5.75 Å². The van der Waals surface area contributed by atoms with Gasteiger partial charge in [-0.15, -0.1) is 11.3 Å². The lowest BCUT2D eigenvalue weighted by molar-refractivity contribution is -0.137. The molecule has 0 amide bonds. The Morgan fingerprint density at radius 1 is 1.06 bits per heavy atom. The van der Waals surface area contributed by atoms with E-state index in [1.807, 2.05) is 12.1 Å². The van der Waals surface area contributed by atoms with Crippen LogP contribution in [0.5, 0.6) is 5.75 Å². The van der Waals surface area contributed by atoms with Gasteiger partial charge in [-0.2, -0.15) is 13.2 Å². The molecule has 0 saturated carbocycles. The summed E-state index contributed by atoms with van der Waals surface area (Å²) in [7, 11) is 0. The summed E-state index contributed by atoms with van der Waals surface area (Å²) in [6.45, 7) is 0.349. The molecular weight excluding hydrogens is 329 g/mol. The van der Waals surface area contributed by atoms with Gasteiger partial charge in [-0.1, -0.05) is 0 Å². The highest BCUT2D eigenvalue weighted by Crippen LogP contribution is 2.30. The van der Waals surface area contributed by atoms with Crippen LogP contribution in [0.15, 0.2) is 40.2 Å². The molecule has 96 valence electrons. The molecule has 18 heavy (non-hydrogen) atoms. The standard InChI is InChI=1S/C12H8BrF3OS/c13-11-6-5-10(18-11)7-17-9-3-1-8(2-4-9)12(14,15)16/h1-6H,7H2. The predicted molar refractivity (Wildman–Crippen MR) is 67.8 cm³/mol. The van der Waals surface area contributed by atoms with Crippen LogP contribution in [0.25, 0.3) is 0 Å². The SMILES string of the molecule is FC(F)(F)c1ccc(OCc2ccc(Br)s2)cc1. The van der Waals surface area contributed by atoms with Crippen LogP contribution in [0, 0.1) is 0 Å². The minimum Gasteiger partial charge on any atom is -0.488 e. The van der Waals surface area contributed by atoms with Crippen molar-refractivity contribution >= 4 is 27.3 Å². The third-order valence-electron chi connectivity index (χ3n) is 2.19. The molecule has 1 aromatic heterocycles. The lowest BCUT2D eigenvalue weighted by atomic mass is 10.2. The highest BCUT2D eigenvalue weighted by atomic mass is 79.9. The first-order chi connectivity index (χ1) is 8.45. The summed E-state index contributed by atoms with van der Waals surface area (Å²) < 4.78 is 43.4. The number of alkyl halides is 3. The molecule has 0 aliphatic heterocycles. The molecule has 2 rings (SSSR count). The molecule has 0 radical (unpaired) electrons. The van der Waals surface area contributed by atoms with Crippen LogP contribution < -0.4 is 4.74 Å². The van der Waals surface area contributed by atoms with Crippen molar-refractivity contribution in [3.63, 3.8) is 0 Å². The number of thiophene rings is 1. The van der Waals surface area contributed by atoms with Gasteiger partial charge in [0.2, 0.25) is 0 Å². The van der Waals surface area contributed by atoms with Gasteiger partial charge in [-0.25, -0.2) is 0 Å². The average Bonchev–Trinajstić information content (AvgIpc) is 2.72. The maximum atomic E-state index is 12.3. The van der Waals surface area contributed by atoms with Gasteiger partial charge in [-0.05, 0) is 52.3 Å². The molecule has 0 fully saturated rings. The van der Waals surface area contributed by atoms with Crippen molar-refractivity contribution in [2.75, 3.05) is 0 Å². The van der Waals surface area contributed by atoms with E-state index >= 15 is 0 Å². The molecule has 0 aliphatic rings. The quantitative estimate of drug-likeness (QED) is 0.756. The minimum absolute atomic E-state index is 0.349. The third kappa shape index (κ3) is 3.49. The van der Waals surface area contributed by atoms with Gasteiger partial charge in [0.1, 0.15) is 12.4 Å². The van der Waals surface area contributed by atoms with Gasteiger partial charge >= 0.3 is 6.18 Å². The highest BCUT2D eigenvalue weighted by molar-refractivity contribution is 9.11. The second kappa shape index (κ2) is 5.32. The van der Waals surface area contributed by atoms with Crippen LogP contribution in [-0.2, 0) is 12.8 Å². The van der Waals surface area contributed by atoms with E-state index < -0.39 is 11.7 Å². The minimum atomic E-state index is -4.31. The van der Waals surface area contributed by atoms with Crippen molar-refractivity contribution in [1.82, 2.24) is 0 Å². The molecule has 1 heterocycles. The molecule has 0 unspecified atom stereocenters. The van der Waals surface area contributed by atoms with Crippen molar-refractivity contribution in [3.05, 3.63) is 50.6 Å². The fourth-order valence-corrected chi connectivity index (χ4v) is 2.72. The van der Waals surface area contributed by atoms with Crippen molar-refractivity contribution in [2.24, 2.45) is 0 Å². The van der Waals surface area contributed by atoms with E-state index in [0.717, 1.165) is 20.8 Å². The number of benzene rings is 1. The fraction of sp³-hybridized carbons (Fsp3) is 0.167. The van der Waals surface area contributed by atoms with E-state index in [1.54, 1.807) is 0 Å². The predicted octanol–water partition coefficient (Wildman–Crippen LogP) is 5.11. The second-order valence-electron chi connectivity index (χ2n) is 3.52. The zero-order chi connectivity index (χ0) is 13.2. The Labute approximate surface area is 114 Å². The van der Waals surface area contributed by atoms with E-state index in [0.29, 0.717) is 12.4 Å². The van der Waals surface area contributed by atoms with Crippen molar-refractivity contribution in [2.45, 2.75) is 12.8 Å². The number of hydrogen-bond acceptors (Lipinski definition) is 2. The maximum Gasteiger partial charge on any atom is 0.416 e. The molecule has 0 bridgehead atoms. The molecule has 0 atom stereocenters. The fourth-order valence-electron chi connectivity index (χ4n) is 1.32. The number of hydrogen-bond donors (Lipinski definition) is 0. The van der Waals surface area contributed by atoms with Crippen molar-refractivity contribution < 1.29 is 17.9 Å². The molecule has 1 nitrogen and oxygen atoms in total. The Balaban J connectivity index is 1.98. The zero-order valence-electron chi connectivity index (χ0n) is 9.00. The smallest absolute Gasteiger partial charge is 0.416 e. The van der Waals surface area contributed by atoms with Crippen LogP contribution in [0.3, 0.4) is 0 Å². The first-order valence-corrected chi connectivity index (χ1v) is 6.60. The second-order valence-corrected chi connectivity index (χ2v) is 6.06. The van der Waals surface area contributed by atoms with Crippen LogP contribution in [0.2, 0.25) is 0 Å². The van der Waals surface area contributed by atoms with E-state index in [4.69, 9.17) is 4.74 Å². The van der Waals surface area contributed by atoms with Crippen LogP contribution >= 0.6 is 27.3 Å². The monoisotopic (exact) mass is 336 g/mol. The summed E-state index contributed by atoms with van der Waals surface area (Å²) >= 11 is 4.85. The summed E-state index contributed by atoms with van der Waals surface area (Å²) in [6.07, 6.45) is -4.31. The molecule has 0 saturated heterocycles. The van der Waals surface area contributed by atoms with E-state index in [2.05, 4.69) is 15.9 Å². The number of ether oxygens (including phenoxy) is 1. The van der Waals surface area contributed by atoms with Gasteiger partial charge in [0.15, 0.2) is 0 Å². The van der Waals surface area contributed by atoms with E-state index in [-0.39, 0.29) is 0 Å². The lowest BCUT2D eigenvalue weighted by Gasteiger charge is -2.08. The number of rotatable bonds is 3. The average molecular weight is 337 g/mol. The van der Waals surface area contributed by atoms with Crippen LogP contribution in [0.1, 0.15) is 10.4 Å². The Hall–Kier alpha value is -1.01. The Bertz CT molecular complexity index is 519. The topological polar surface area (TPSA) is 9.23 Å². The summed E-state index contributed by atoms with van der Waals surface area (Å²) in [5.41, 5.74) is -0.672. The van der Waals surface area contributed by atoms with Crippen molar-refractivity contribution in [1.29, 1.82) is 0 Å². The number of halogens is 4.